The highest BCUT2D eigenvalue weighted by atomic mass is 16.6. The molecule has 0 fully saturated rings. The van der Waals surface area contributed by atoms with Gasteiger partial charge in [-0.05, 0) is 43.3 Å². The number of carbonyl (C=O) groups is 2. The number of hydrogen-bond acceptors (Lipinski definition) is 6. The fourth-order valence-corrected chi connectivity index (χ4v) is 2.18. The summed E-state index contributed by atoms with van der Waals surface area (Å²) >= 11 is 0. The molecule has 1 aromatic heterocycles. The Bertz CT molecular complexity index is 868. The van der Waals surface area contributed by atoms with E-state index in [2.05, 4.69) is 4.98 Å². The monoisotopic (exact) mass is 340 g/mol. The average Bonchev–Trinajstić information content (AvgIpc) is 3.04. The Morgan fingerprint density at radius 2 is 1.88 bits per heavy atom. The Morgan fingerprint density at radius 1 is 1.16 bits per heavy atom. The van der Waals surface area contributed by atoms with Gasteiger partial charge in [-0.25, -0.2) is 9.78 Å². The Kier molecular flexibility index (Phi) is 4.65. The van der Waals surface area contributed by atoms with Gasteiger partial charge in [-0.1, -0.05) is 12.1 Å². The van der Waals surface area contributed by atoms with Crippen molar-refractivity contribution in [2.75, 3.05) is 6.61 Å². The third kappa shape index (κ3) is 3.95. The van der Waals surface area contributed by atoms with E-state index in [1.165, 1.54) is 12.1 Å². The molecule has 1 heterocycles. The molecule has 3 aromatic rings. The number of para-hydroxylation sites is 2. The number of esters is 1. The predicted octanol–water partition coefficient (Wildman–Crippen LogP) is 2.61. The van der Waals surface area contributed by atoms with Crippen molar-refractivity contribution in [1.29, 1.82) is 0 Å². The second-order valence-electron chi connectivity index (χ2n) is 5.35. The number of hydrogen-bond donors (Lipinski definition) is 1. The fraction of sp³-hybridized carbons (Fsp3) is 0.167. The van der Waals surface area contributed by atoms with Crippen molar-refractivity contribution in [1.82, 2.24) is 4.98 Å². The Morgan fingerprint density at radius 3 is 2.56 bits per heavy atom. The minimum Gasteiger partial charge on any atom is -0.484 e. The van der Waals surface area contributed by atoms with Gasteiger partial charge in [0.1, 0.15) is 11.3 Å². The number of rotatable bonds is 6. The van der Waals surface area contributed by atoms with Gasteiger partial charge in [-0.15, -0.1) is 0 Å². The van der Waals surface area contributed by atoms with E-state index in [-0.39, 0.29) is 6.61 Å². The number of fused-ring (bicyclic) bond motifs is 1. The minimum absolute atomic E-state index is 0.224. The number of carbonyl (C=O) groups excluding carboxylic acids is 2. The van der Waals surface area contributed by atoms with Crippen LogP contribution in [0.4, 0.5) is 0 Å². The van der Waals surface area contributed by atoms with Gasteiger partial charge in [0.15, 0.2) is 18.3 Å². The lowest BCUT2D eigenvalue weighted by atomic mass is 10.2. The SMILES string of the molecule is CC(OC(=O)c1ccc(OCC(N)=O)cc1)c1nc2ccccc2o1. The zero-order valence-electron chi connectivity index (χ0n) is 13.5. The molecule has 0 aliphatic rings. The maximum absolute atomic E-state index is 12.2. The van der Waals surface area contributed by atoms with Gasteiger partial charge >= 0.3 is 5.97 Å². The second kappa shape index (κ2) is 7.04. The van der Waals surface area contributed by atoms with Crippen LogP contribution >= 0.6 is 0 Å². The predicted molar refractivity (Wildman–Crippen MR) is 89.0 cm³/mol. The standard InChI is InChI=1S/C18H16N2O5/c1-11(17-20-14-4-2-3-5-15(14)25-17)24-18(22)12-6-8-13(9-7-12)23-10-16(19)21/h2-9,11H,10H2,1H3,(H2,19,21). The van der Waals surface area contributed by atoms with Gasteiger partial charge in [-0.3, -0.25) is 4.79 Å². The molecule has 7 nitrogen and oxygen atoms in total. The van der Waals surface area contributed by atoms with Crippen LogP contribution in [0.25, 0.3) is 11.1 Å². The van der Waals surface area contributed by atoms with E-state index in [0.717, 1.165) is 0 Å². The highest BCUT2D eigenvalue weighted by Crippen LogP contribution is 2.23. The van der Waals surface area contributed by atoms with E-state index in [4.69, 9.17) is 19.6 Å². The Labute approximate surface area is 143 Å². The summed E-state index contributed by atoms with van der Waals surface area (Å²) in [5.41, 5.74) is 6.69. The van der Waals surface area contributed by atoms with Crippen molar-refractivity contribution in [3.05, 3.63) is 60.0 Å². The highest BCUT2D eigenvalue weighted by Gasteiger charge is 2.19. The number of benzene rings is 2. The summed E-state index contributed by atoms with van der Waals surface area (Å²) in [6.45, 7) is 1.46. The van der Waals surface area contributed by atoms with Crippen molar-refractivity contribution < 1.29 is 23.5 Å². The lowest BCUT2D eigenvalue weighted by Gasteiger charge is -2.10. The van der Waals surface area contributed by atoms with Gasteiger partial charge in [0, 0.05) is 0 Å². The molecule has 0 aliphatic carbocycles. The molecule has 0 saturated heterocycles. The molecular formula is C18H16N2O5. The summed E-state index contributed by atoms with van der Waals surface area (Å²) in [6, 6.07) is 13.5. The smallest absolute Gasteiger partial charge is 0.338 e. The fourth-order valence-electron chi connectivity index (χ4n) is 2.18. The van der Waals surface area contributed by atoms with E-state index >= 15 is 0 Å². The molecule has 128 valence electrons. The molecule has 3 rings (SSSR count). The van der Waals surface area contributed by atoms with Crippen molar-refractivity contribution in [3.8, 4) is 5.75 Å². The van der Waals surface area contributed by atoms with Gasteiger partial charge in [-0.2, -0.15) is 0 Å². The lowest BCUT2D eigenvalue weighted by Crippen LogP contribution is -2.20. The van der Waals surface area contributed by atoms with Crippen LogP contribution in [0.15, 0.2) is 52.9 Å². The summed E-state index contributed by atoms with van der Waals surface area (Å²) < 4.78 is 16.1. The molecule has 2 aromatic carbocycles. The van der Waals surface area contributed by atoms with Crippen LogP contribution in [0, 0.1) is 0 Å². The summed E-state index contributed by atoms with van der Waals surface area (Å²) in [5.74, 6) is -0.329. The van der Waals surface area contributed by atoms with Crippen LogP contribution in [-0.4, -0.2) is 23.5 Å². The van der Waals surface area contributed by atoms with Gasteiger partial charge in [0.2, 0.25) is 5.89 Å². The third-order valence-corrected chi connectivity index (χ3v) is 3.41. The van der Waals surface area contributed by atoms with E-state index in [9.17, 15) is 9.59 Å². The summed E-state index contributed by atoms with van der Waals surface area (Å²) in [4.78, 5) is 27.2. The van der Waals surface area contributed by atoms with Gasteiger partial charge in [0.05, 0.1) is 5.56 Å². The normalized spacial score (nSPS) is 11.9. The lowest BCUT2D eigenvalue weighted by molar-refractivity contribution is -0.119. The first-order chi connectivity index (χ1) is 12.0. The number of nitrogens with two attached hydrogens (primary N) is 1. The first-order valence-electron chi connectivity index (χ1n) is 7.60. The van der Waals surface area contributed by atoms with Crippen LogP contribution in [-0.2, 0) is 9.53 Å². The van der Waals surface area contributed by atoms with E-state index in [0.29, 0.717) is 28.3 Å². The van der Waals surface area contributed by atoms with Crippen molar-refractivity contribution in [2.45, 2.75) is 13.0 Å². The maximum atomic E-state index is 12.2. The summed E-state index contributed by atoms with van der Waals surface area (Å²) in [6.07, 6.45) is -0.634. The van der Waals surface area contributed by atoms with Gasteiger partial charge < -0.3 is 19.6 Å². The highest BCUT2D eigenvalue weighted by molar-refractivity contribution is 5.89. The summed E-state index contributed by atoms with van der Waals surface area (Å²) in [7, 11) is 0. The number of amides is 1. The number of primary amides is 1. The average molecular weight is 340 g/mol. The molecular weight excluding hydrogens is 324 g/mol. The van der Waals surface area contributed by atoms with Crippen LogP contribution in [0.3, 0.4) is 0 Å². The van der Waals surface area contributed by atoms with Crippen LogP contribution in [0.2, 0.25) is 0 Å². The number of ether oxygens (including phenoxy) is 2. The van der Waals surface area contributed by atoms with Gasteiger partial charge in [0.25, 0.3) is 5.91 Å². The molecule has 0 radical (unpaired) electrons. The number of nitrogens with zero attached hydrogens (tertiary/aromatic N) is 1. The first-order valence-corrected chi connectivity index (χ1v) is 7.60. The molecule has 1 unspecified atom stereocenters. The van der Waals surface area contributed by atoms with Crippen LogP contribution in [0.5, 0.6) is 5.75 Å². The van der Waals surface area contributed by atoms with Crippen molar-refractivity contribution in [2.24, 2.45) is 5.73 Å². The Hall–Kier alpha value is -3.35. The van der Waals surface area contributed by atoms with E-state index < -0.39 is 18.0 Å². The molecule has 2 N–H and O–H groups in total. The van der Waals surface area contributed by atoms with Crippen molar-refractivity contribution in [3.63, 3.8) is 0 Å². The van der Waals surface area contributed by atoms with Crippen LogP contribution < -0.4 is 10.5 Å². The third-order valence-electron chi connectivity index (χ3n) is 3.41. The maximum Gasteiger partial charge on any atom is 0.338 e. The Balaban J connectivity index is 1.65. The topological polar surface area (TPSA) is 105 Å². The second-order valence-corrected chi connectivity index (χ2v) is 5.35. The molecule has 25 heavy (non-hydrogen) atoms. The van der Waals surface area contributed by atoms with Crippen LogP contribution in [0.1, 0.15) is 29.3 Å². The number of aromatic nitrogens is 1. The molecule has 0 bridgehead atoms. The zero-order valence-corrected chi connectivity index (χ0v) is 13.5. The molecule has 0 spiro atoms. The first kappa shape index (κ1) is 16.5. The summed E-state index contributed by atoms with van der Waals surface area (Å²) in [5, 5.41) is 0. The molecule has 1 amide bonds. The number of oxazole rings is 1. The zero-order chi connectivity index (χ0) is 17.8. The van der Waals surface area contributed by atoms with Crippen molar-refractivity contribution >= 4 is 23.0 Å². The molecule has 7 heteroatoms. The molecule has 0 aliphatic heterocycles. The molecule has 1 atom stereocenters. The quantitative estimate of drug-likeness (QED) is 0.692. The molecule has 0 saturated carbocycles. The van der Waals surface area contributed by atoms with E-state index in [1.54, 1.807) is 25.1 Å². The minimum atomic E-state index is -0.634. The van der Waals surface area contributed by atoms with E-state index in [1.807, 2.05) is 18.2 Å². The largest absolute Gasteiger partial charge is 0.484 e.